The highest BCUT2D eigenvalue weighted by molar-refractivity contribution is 7.89. The zero-order valence-electron chi connectivity index (χ0n) is 14.7. The van der Waals surface area contributed by atoms with Crippen LogP contribution in [0, 0.1) is 12.8 Å². The van der Waals surface area contributed by atoms with Gasteiger partial charge < -0.3 is 15.2 Å². The maximum Gasteiger partial charge on any atom is 0.307 e. The van der Waals surface area contributed by atoms with Crippen LogP contribution in [0.25, 0.3) is 0 Å². The molecule has 1 amide bonds. The van der Waals surface area contributed by atoms with Crippen molar-refractivity contribution < 1.29 is 27.9 Å². The van der Waals surface area contributed by atoms with Crippen LogP contribution in [-0.4, -0.2) is 48.9 Å². The summed E-state index contributed by atoms with van der Waals surface area (Å²) in [6.45, 7) is 3.70. The normalized spacial score (nSPS) is 23.7. The molecule has 0 spiro atoms. The van der Waals surface area contributed by atoms with Crippen molar-refractivity contribution in [2.24, 2.45) is 5.92 Å². The van der Waals surface area contributed by atoms with E-state index in [9.17, 15) is 23.1 Å². The predicted octanol–water partition coefficient (Wildman–Crippen LogP) is 1.59. The Morgan fingerprint density at radius 2 is 2.15 bits per heavy atom. The third kappa shape index (κ3) is 3.28. The molecule has 0 saturated carbocycles. The fourth-order valence-corrected chi connectivity index (χ4v) is 5.08. The van der Waals surface area contributed by atoms with Gasteiger partial charge in [0.1, 0.15) is 5.75 Å². The second-order valence-corrected chi connectivity index (χ2v) is 8.56. The fourth-order valence-electron chi connectivity index (χ4n) is 3.33. The van der Waals surface area contributed by atoms with E-state index >= 15 is 0 Å². The van der Waals surface area contributed by atoms with Gasteiger partial charge in [-0.25, -0.2) is 8.42 Å². The number of anilines is 1. The van der Waals surface area contributed by atoms with E-state index < -0.39 is 28.0 Å². The number of amides is 1. The van der Waals surface area contributed by atoms with Crippen molar-refractivity contribution in [2.45, 2.75) is 44.1 Å². The summed E-state index contributed by atoms with van der Waals surface area (Å²) >= 11 is 0. The monoisotopic (exact) mass is 382 g/mol. The van der Waals surface area contributed by atoms with Crippen molar-refractivity contribution in [1.82, 2.24) is 4.31 Å². The van der Waals surface area contributed by atoms with Crippen LogP contribution in [0.4, 0.5) is 5.69 Å². The van der Waals surface area contributed by atoms with Crippen LogP contribution < -0.4 is 10.1 Å². The summed E-state index contributed by atoms with van der Waals surface area (Å²) in [7, 11) is -3.85. The van der Waals surface area contributed by atoms with Gasteiger partial charge in [0.15, 0.2) is 6.10 Å². The number of piperidine rings is 1. The molecule has 0 radical (unpaired) electrons. The lowest BCUT2D eigenvalue weighted by atomic mass is 10.0. The van der Waals surface area contributed by atoms with Gasteiger partial charge in [-0.1, -0.05) is 6.92 Å². The van der Waals surface area contributed by atoms with E-state index in [-0.39, 0.29) is 23.9 Å². The summed E-state index contributed by atoms with van der Waals surface area (Å²) in [5, 5.41) is 11.9. The van der Waals surface area contributed by atoms with Crippen LogP contribution in [-0.2, 0) is 19.6 Å². The Bertz CT molecular complexity index is 851. The van der Waals surface area contributed by atoms with Gasteiger partial charge in [-0.15, -0.1) is 0 Å². The van der Waals surface area contributed by atoms with E-state index in [0.717, 1.165) is 0 Å². The van der Waals surface area contributed by atoms with E-state index in [1.807, 2.05) is 0 Å². The molecule has 0 aliphatic carbocycles. The minimum Gasteiger partial charge on any atom is -0.481 e. The summed E-state index contributed by atoms with van der Waals surface area (Å²) < 4.78 is 33.0. The lowest BCUT2D eigenvalue weighted by molar-refractivity contribution is -0.142. The molecular weight excluding hydrogens is 360 g/mol. The van der Waals surface area contributed by atoms with Crippen LogP contribution in [0.3, 0.4) is 0 Å². The second-order valence-electron chi connectivity index (χ2n) is 6.66. The van der Waals surface area contributed by atoms with Crippen molar-refractivity contribution in [2.75, 3.05) is 18.4 Å². The van der Waals surface area contributed by atoms with Crippen molar-refractivity contribution in [3.63, 3.8) is 0 Å². The van der Waals surface area contributed by atoms with E-state index in [1.165, 1.54) is 10.4 Å². The highest BCUT2D eigenvalue weighted by Crippen LogP contribution is 2.36. The molecule has 142 valence electrons. The number of ether oxygens (including phenoxy) is 1. The molecule has 2 N–H and O–H groups in total. The third-order valence-electron chi connectivity index (χ3n) is 4.82. The van der Waals surface area contributed by atoms with Crippen molar-refractivity contribution in [1.29, 1.82) is 0 Å². The Morgan fingerprint density at radius 1 is 1.42 bits per heavy atom. The molecule has 26 heavy (non-hydrogen) atoms. The van der Waals surface area contributed by atoms with Gasteiger partial charge in [-0.05, 0) is 37.8 Å². The summed E-state index contributed by atoms with van der Waals surface area (Å²) in [4.78, 5) is 23.2. The minimum absolute atomic E-state index is 0.0383. The number of nitrogens with zero attached hydrogens (tertiary/aromatic N) is 1. The number of fused-ring (bicyclic) bond motifs is 1. The summed E-state index contributed by atoms with van der Waals surface area (Å²) in [5.74, 6) is -1.62. The average Bonchev–Trinajstić information content (AvgIpc) is 2.60. The molecule has 9 heteroatoms. The smallest absolute Gasteiger partial charge is 0.307 e. The summed E-state index contributed by atoms with van der Waals surface area (Å²) in [6.07, 6.45) is 0.781. The average molecular weight is 382 g/mol. The number of rotatable bonds is 4. The van der Waals surface area contributed by atoms with Crippen molar-refractivity contribution in [3.05, 3.63) is 17.7 Å². The lowest BCUT2D eigenvalue weighted by Crippen LogP contribution is -2.42. The Kier molecular flexibility index (Phi) is 4.94. The van der Waals surface area contributed by atoms with Crippen LogP contribution in [0.15, 0.2) is 17.0 Å². The number of nitrogens with one attached hydrogen (secondary N) is 1. The molecule has 2 heterocycles. The molecule has 2 atom stereocenters. The number of aryl methyl sites for hydroxylation is 1. The molecule has 8 nitrogen and oxygen atoms in total. The van der Waals surface area contributed by atoms with Gasteiger partial charge in [-0.3, -0.25) is 9.59 Å². The fraction of sp³-hybridized carbons (Fsp3) is 0.529. The van der Waals surface area contributed by atoms with E-state index in [0.29, 0.717) is 36.3 Å². The number of hydrogen-bond acceptors (Lipinski definition) is 5. The molecule has 2 aliphatic heterocycles. The quantitative estimate of drug-likeness (QED) is 0.818. The van der Waals surface area contributed by atoms with Crippen molar-refractivity contribution >= 4 is 27.6 Å². The highest BCUT2D eigenvalue weighted by Gasteiger charge is 2.35. The molecule has 1 fully saturated rings. The Hall–Kier alpha value is -2.13. The third-order valence-corrected chi connectivity index (χ3v) is 6.83. The van der Waals surface area contributed by atoms with Gasteiger partial charge in [0.25, 0.3) is 5.91 Å². The number of aliphatic carboxylic acids is 1. The standard InChI is InChI=1S/C17H22N2O6S/c1-3-13-16(20)18-12-7-10(2)15(8-14(12)25-13)26(23,24)19-6-4-5-11(9-19)17(21)22/h7-8,11,13H,3-6,9H2,1-2H3,(H,18,20)(H,21,22)/t11-,13+/m0/s1. The minimum atomic E-state index is -3.85. The van der Waals surface area contributed by atoms with Gasteiger partial charge in [0.2, 0.25) is 10.0 Å². The first-order valence-corrected chi connectivity index (χ1v) is 10.0. The van der Waals surface area contributed by atoms with Gasteiger partial charge in [0.05, 0.1) is 16.5 Å². The van der Waals surface area contributed by atoms with E-state index in [2.05, 4.69) is 5.32 Å². The number of carboxylic acids is 1. The molecule has 0 unspecified atom stereocenters. The van der Waals surface area contributed by atoms with Crippen LogP contribution >= 0.6 is 0 Å². The topological polar surface area (TPSA) is 113 Å². The maximum atomic E-state index is 13.1. The number of carbonyl (C=O) groups excluding carboxylic acids is 1. The summed E-state index contributed by atoms with van der Waals surface area (Å²) in [5.41, 5.74) is 0.915. The summed E-state index contributed by atoms with van der Waals surface area (Å²) in [6, 6.07) is 3.00. The molecule has 1 aromatic carbocycles. The molecule has 1 aromatic rings. The van der Waals surface area contributed by atoms with Gasteiger partial charge >= 0.3 is 5.97 Å². The molecule has 2 aliphatic rings. The van der Waals surface area contributed by atoms with Gasteiger partial charge in [-0.2, -0.15) is 4.31 Å². The predicted molar refractivity (Wildman–Crippen MR) is 93.6 cm³/mol. The second kappa shape index (κ2) is 6.88. The van der Waals surface area contributed by atoms with Crippen molar-refractivity contribution in [3.8, 4) is 5.75 Å². The largest absolute Gasteiger partial charge is 0.481 e. The molecule has 0 aromatic heterocycles. The van der Waals surface area contributed by atoms with Crippen LogP contribution in [0.5, 0.6) is 5.75 Å². The maximum absolute atomic E-state index is 13.1. The molecule has 0 bridgehead atoms. The van der Waals surface area contributed by atoms with Crippen LogP contribution in [0.1, 0.15) is 31.7 Å². The number of sulfonamides is 1. The number of carbonyl (C=O) groups is 2. The molecular formula is C17H22N2O6S. The Morgan fingerprint density at radius 3 is 2.81 bits per heavy atom. The SMILES string of the molecule is CC[C@H]1Oc2cc(S(=O)(=O)N3CCC[C@H](C(=O)O)C3)c(C)cc2NC1=O. The zero-order chi connectivity index (χ0) is 19.1. The van der Waals surface area contributed by atoms with Gasteiger partial charge in [0, 0.05) is 19.2 Å². The zero-order valence-corrected chi connectivity index (χ0v) is 15.5. The van der Waals surface area contributed by atoms with Crippen LogP contribution in [0.2, 0.25) is 0 Å². The van der Waals surface area contributed by atoms with E-state index in [1.54, 1.807) is 19.9 Å². The number of carboxylic acid groups (broad SMARTS) is 1. The Labute approximate surface area is 152 Å². The number of hydrogen-bond donors (Lipinski definition) is 2. The highest BCUT2D eigenvalue weighted by atomic mass is 32.2. The lowest BCUT2D eigenvalue weighted by Gasteiger charge is -2.31. The first-order chi connectivity index (χ1) is 12.2. The van der Waals surface area contributed by atoms with E-state index in [4.69, 9.17) is 4.74 Å². The first-order valence-electron chi connectivity index (χ1n) is 8.59. The first kappa shape index (κ1) is 18.7. The number of benzene rings is 1. The molecule has 1 saturated heterocycles. The Balaban J connectivity index is 1.96. The molecule has 3 rings (SSSR count).